The van der Waals surface area contributed by atoms with E-state index in [1.165, 1.54) is 22.5 Å². The third kappa shape index (κ3) is 5.33. The van der Waals surface area contributed by atoms with E-state index < -0.39 is 0 Å². The molecule has 0 bridgehead atoms. The minimum absolute atomic E-state index is 0.0234. The van der Waals surface area contributed by atoms with Crippen LogP contribution in [0.5, 0.6) is 0 Å². The molecule has 0 radical (unpaired) electrons. The summed E-state index contributed by atoms with van der Waals surface area (Å²) in [6.45, 7) is 6.68. The number of anilines is 1. The summed E-state index contributed by atoms with van der Waals surface area (Å²) >= 11 is 1.43. The van der Waals surface area contributed by atoms with Gasteiger partial charge in [0.2, 0.25) is 5.91 Å². The van der Waals surface area contributed by atoms with Crippen LogP contribution < -0.4 is 5.32 Å². The van der Waals surface area contributed by atoms with Crippen molar-refractivity contribution in [3.05, 3.63) is 46.0 Å². The molecular formula is C23H29N3O3S. The zero-order valence-electron chi connectivity index (χ0n) is 17.6. The fraction of sp³-hybridized carbons (Fsp3) is 0.522. The first kappa shape index (κ1) is 21.2. The number of morpholine rings is 1. The van der Waals surface area contributed by atoms with E-state index in [1.54, 1.807) is 0 Å². The number of hydrogen-bond acceptors (Lipinski definition) is 6. The summed E-state index contributed by atoms with van der Waals surface area (Å²) in [6.07, 6.45) is 4.13. The van der Waals surface area contributed by atoms with Crippen LogP contribution in [-0.2, 0) is 28.9 Å². The molecule has 30 heavy (non-hydrogen) atoms. The first-order valence-corrected chi connectivity index (χ1v) is 11.6. The van der Waals surface area contributed by atoms with Crippen molar-refractivity contribution in [1.82, 2.24) is 9.88 Å². The number of nitrogens with zero attached hydrogens (tertiary/aromatic N) is 2. The summed E-state index contributed by atoms with van der Waals surface area (Å²) in [6, 6.07) is 5.95. The molecule has 0 saturated carbocycles. The van der Waals surface area contributed by atoms with Crippen molar-refractivity contribution < 1.29 is 14.3 Å². The third-order valence-electron chi connectivity index (χ3n) is 5.68. The number of Topliss-reactive ketones (excluding diaryl/α,β-unsaturated/α-hetero) is 1. The molecule has 6 nitrogen and oxygen atoms in total. The van der Waals surface area contributed by atoms with Gasteiger partial charge in [-0.25, -0.2) is 4.98 Å². The Balaban J connectivity index is 1.25. The second-order valence-corrected chi connectivity index (χ2v) is 9.26. The zero-order chi connectivity index (χ0) is 21.1. The van der Waals surface area contributed by atoms with Crippen molar-refractivity contribution in [2.45, 2.75) is 64.7 Å². The van der Waals surface area contributed by atoms with Gasteiger partial charge in [0.15, 0.2) is 10.9 Å². The largest absolute Gasteiger partial charge is 0.373 e. The molecule has 1 aliphatic carbocycles. The molecule has 1 aromatic carbocycles. The van der Waals surface area contributed by atoms with Crippen molar-refractivity contribution >= 4 is 28.2 Å². The lowest BCUT2D eigenvalue weighted by Crippen LogP contribution is -2.44. The van der Waals surface area contributed by atoms with E-state index in [9.17, 15) is 9.59 Å². The normalized spacial score (nSPS) is 21.4. The molecule has 1 saturated heterocycles. The molecule has 1 fully saturated rings. The van der Waals surface area contributed by atoms with Gasteiger partial charge in [0.1, 0.15) is 0 Å². The number of aryl methyl sites for hydroxylation is 2. The number of amides is 1. The molecule has 2 heterocycles. The van der Waals surface area contributed by atoms with Gasteiger partial charge in [-0.05, 0) is 50.3 Å². The SMILES string of the molecule is CC1CN(Cc2csc(NC(=O)CCC(=O)c3ccc4c(c3)CCC4)n2)CC(C)O1. The van der Waals surface area contributed by atoms with E-state index in [0.29, 0.717) is 10.7 Å². The van der Waals surface area contributed by atoms with Gasteiger partial charge in [-0.3, -0.25) is 14.5 Å². The minimum atomic E-state index is -0.168. The fourth-order valence-corrected chi connectivity index (χ4v) is 5.10. The minimum Gasteiger partial charge on any atom is -0.373 e. The van der Waals surface area contributed by atoms with E-state index in [4.69, 9.17) is 4.74 Å². The van der Waals surface area contributed by atoms with E-state index in [-0.39, 0.29) is 36.7 Å². The number of rotatable bonds is 7. The van der Waals surface area contributed by atoms with Gasteiger partial charge in [-0.1, -0.05) is 12.1 Å². The number of ketones is 1. The smallest absolute Gasteiger partial charge is 0.226 e. The number of nitrogens with one attached hydrogen (secondary N) is 1. The van der Waals surface area contributed by atoms with E-state index >= 15 is 0 Å². The molecule has 4 rings (SSSR count). The van der Waals surface area contributed by atoms with Crippen LogP contribution in [0.4, 0.5) is 5.13 Å². The third-order valence-corrected chi connectivity index (χ3v) is 6.49. The van der Waals surface area contributed by atoms with Gasteiger partial charge in [0.05, 0.1) is 17.9 Å². The van der Waals surface area contributed by atoms with E-state index in [2.05, 4.69) is 35.1 Å². The Hall–Kier alpha value is -2.09. The highest BCUT2D eigenvalue weighted by molar-refractivity contribution is 7.13. The Morgan fingerprint density at radius 2 is 1.93 bits per heavy atom. The second kappa shape index (κ2) is 9.37. The van der Waals surface area contributed by atoms with Crippen LogP contribution in [0.1, 0.15) is 60.3 Å². The predicted molar refractivity (Wildman–Crippen MR) is 118 cm³/mol. The molecule has 7 heteroatoms. The Bertz CT molecular complexity index is 916. The summed E-state index contributed by atoms with van der Waals surface area (Å²) in [5.41, 5.74) is 4.30. The highest BCUT2D eigenvalue weighted by Crippen LogP contribution is 2.24. The lowest BCUT2D eigenvalue weighted by atomic mass is 10.0. The van der Waals surface area contributed by atoms with Crippen LogP contribution in [-0.4, -0.2) is 46.9 Å². The summed E-state index contributed by atoms with van der Waals surface area (Å²) in [5.74, 6) is -0.144. The van der Waals surface area contributed by atoms with Gasteiger partial charge in [0, 0.05) is 43.4 Å². The van der Waals surface area contributed by atoms with Gasteiger partial charge in [0.25, 0.3) is 0 Å². The number of benzene rings is 1. The van der Waals surface area contributed by atoms with Gasteiger partial charge >= 0.3 is 0 Å². The van der Waals surface area contributed by atoms with Crippen LogP contribution in [0, 0.1) is 0 Å². The molecule has 2 unspecified atom stereocenters. The molecule has 2 aromatic rings. The summed E-state index contributed by atoms with van der Waals surface area (Å²) in [7, 11) is 0. The monoisotopic (exact) mass is 427 g/mol. The number of fused-ring (bicyclic) bond motifs is 1. The van der Waals surface area contributed by atoms with Crippen LogP contribution in [0.15, 0.2) is 23.6 Å². The quantitative estimate of drug-likeness (QED) is 0.680. The van der Waals surface area contributed by atoms with Crippen LogP contribution >= 0.6 is 11.3 Å². The zero-order valence-corrected chi connectivity index (χ0v) is 18.5. The molecule has 160 valence electrons. The Labute approximate surface area is 181 Å². The average molecular weight is 428 g/mol. The molecular weight excluding hydrogens is 398 g/mol. The molecule has 1 aromatic heterocycles. The molecule has 1 aliphatic heterocycles. The van der Waals surface area contributed by atoms with Crippen molar-refractivity contribution in [3.8, 4) is 0 Å². The number of aromatic nitrogens is 1. The lowest BCUT2D eigenvalue weighted by Gasteiger charge is -2.34. The number of hydrogen-bond donors (Lipinski definition) is 1. The first-order valence-electron chi connectivity index (χ1n) is 10.7. The standard InChI is InChI=1S/C23H29N3O3S/c1-15-11-26(12-16(2)29-15)13-20-14-30-23(24-20)25-22(28)9-8-21(27)19-7-6-17-4-3-5-18(17)10-19/h6-7,10,14-16H,3-5,8-9,11-13H2,1-2H3,(H,24,25,28). The highest BCUT2D eigenvalue weighted by Gasteiger charge is 2.23. The van der Waals surface area contributed by atoms with Gasteiger partial charge in [-0.15, -0.1) is 11.3 Å². The van der Waals surface area contributed by atoms with Crippen molar-refractivity contribution in [2.75, 3.05) is 18.4 Å². The molecule has 2 atom stereocenters. The lowest BCUT2D eigenvalue weighted by molar-refractivity contribution is -0.116. The number of thiazole rings is 1. The molecule has 1 N–H and O–H groups in total. The first-order chi connectivity index (χ1) is 14.5. The molecule has 0 spiro atoms. The van der Waals surface area contributed by atoms with Crippen LogP contribution in [0.2, 0.25) is 0 Å². The predicted octanol–water partition coefficient (Wildman–Crippen LogP) is 3.84. The van der Waals surface area contributed by atoms with Gasteiger partial charge in [-0.2, -0.15) is 0 Å². The van der Waals surface area contributed by atoms with E-state index in [0.717, 1.165) is 44.6 Å². The second-order valence-electron chi connectivity index (χ2n) is 8.40. The maximum atomic E-state index is 12.5. The van der Waals surface area contributed by atoms with Crippen LogP contribution in [0.3, 0.4) is 0 Å². The highest BCUT2D eigenvalue weighted by atomic mass is 32.1. The van der Waals surface area contributed by atoms with E-state index in [1.807, 2.05) is 17.5 Å². The Kier molecular flexibility index (Phi) is 6.61. The average Bonchev–Trinajstić information content (AvgIpc) is 3.33. The maximum absolute atomic E-state index is 12.5. The Morgan fingerprint density at radius 1 is 1.17 bits per heavy atom. The number of ether oxygens (including phenoxy) is 1. The number of carbonyl (C=O) groups is 2. The van der Waals surface area contributed by atoms with Gasteiger partial charge < -0.3 is 10.1 Å². The van der Waals surface area contributed by atoms with Crippen molar-refractivity contribution in [3.63, 3.8) is 0 Å². The van der Waals surface area contributed by atoms with Crippen LogP contribution in [0.25, 0.3) is 0 Å². The molecule has 2 aliphatic rings. The summed E-state index contributed by atoms with van der Waals surface area (Å²) in [5, 5.41) is 5.41. The summed E-state index contributed by atoms with van der Waals surface area (Å²) < 4.78 is 5.77. The van der Waals surface area contributed by atoms with Crippen molar-refractivity contribution in [1.29, 1.82) is 0 Å². The van der Waals surface area contributed by atoms with Crippen molar-refractivity contribution in [2.24, 2.45) is 0 Å². The topological polar surface area (TPSA) is 71.5 Å². The maximum Gasteiger partial charge on any atom is 0.226 e. The molecule has 1 amide bonds. The summed E-state index contributed by atoms with van der Waals surface area (Å²) in [4.78, 5) is 31.6. The number of carbonyl (C=O) groups excluding carboxylic acids is 2. The fourth-order valence-electron chi connectivity index (χ4n) is 4.38. The Morgan fingerprint density at radius 3 is 2.73 bits per heavy atom.